The minimum Gasteiger partial charge on any atom is -0.107 e. The molecule has 1 radical (unpaired) electrons. The van der Waals surface area contributed by atoms with E-state index in [0.717, 1.165) is 0 Å². The van der Waals surface area contributed by atoms with Gasteiger partial charge in [-0.1, -0.05) is 0 Å². The molecule has 0 aliphatic carbocycles. The molecule has 0 heterocycles. The van der Waals surface area contributed by atoms with Gasteiger partial charge >= 0.3 is 10.2 Å². The molecule has 9 heteroatoms. The zero-order chi connectivity index (χ0) is 6.57. The summed E-state index contributed by atoms with van der Waals surface area (Å²) in [7, 11) is 0. The predicted molar refractivity (Wildman–Crippen MR) is 21.9 cm³/mol. The maximum atomic E-state index is 9.06. The first-order chi connectivity index (χ1) is 3.63. The maximum Gasteiger partial charge on any atom is 0.322 e. The second-order valence-corrected chi connectivity index (χ2v) is 0.596. The average Bonchev–Trinajstić information content (AvgIpc) is 1.61. The fourth-order valence-electron chi connectivity index (χ4n) is 0.0544. The van der Waals surface area contributed by atoms with Crippen LogP contribution in [0.2, 0.25) is 0 Å². The third kappa shape index (κ3) is 11.1. The summed E-state index contributed by atoms with van der Waals surface area (Å²) in [5, 5.41) is 15.2. The van der Waals surface area contributed by atoms with Crippen molar-refractivity contribution in [3.8, 4) is 0 Å². The van der Waals surface area contributed by atoms with Crippen LogP contribution in [0, 0.1) is 20.2 Å². The van der Waals surface area contributed by atoms with E-state index in [2.05, 4.69) is 9.98 Å². The molecule has 0 aromatic heterocycles. The van der Waals surface area contributed by atoms with Gasteiger partial charge in [-0.15, -0.1) is 30.2 Å². The molecule has 0 aromatic rings. The summed E-state index contributed by atoms with van der Waals surface area (Å²) in [5.74, 6) is 0. The topological polar surface area (TPSA) is 105 Å². The van der Waals surface area contributed by atoms with Crippen molar-refractivity contribution < 1.29 is 20.1 Å². The zero-order valence-electron chi connectivity index (χ0n) is 4.34. The Bertz CT molecular complexity index is 95.6. The van der Waals surface area contributed by atoms with E-state index >= 15 is 0 Å². The molecule has 0 atom stereocenters. The minimum atomic E-state index is -1.44. The number of hydrogen-bond donors (Lipinski definition) is 0. The van der Waals surface area contributed by atoms with Crippen LogP contribution in [0.3, 0.4) is 0 Å². The van der Waals surface area contributed by atoms with Crippen LogP contribution in [-0.2, 0) is 9.98 Å². The van der Waals surface area contributed by atoms with Gasteiger partial charge in [-0.3, -0.25) is 0 Å². The molecule has 0 bridgehead atoms. The van der Waals surface area contributed by atoms with Crippen LogP contribution < -0.4 is 0 Å². The van der Waals surface area contributed by atoms with Crippen molar-refractivity contribution in [2.45, 2.75) is 0 Å². The van der Waals surface area contributed by atoms with Gasteiger partial charge in [0.1, 0.15) is 0 Å². The van der Waals surface area contributed by atoms with E-state index in [1.807, 2.05) is 0 Å². The monoisotopic (exact) mass is 147 g/mol. The Balaban J connectivity index is 0. The number of hydrogen-bond acceptors (Lipinski definition) is 6. The molecule has 0 unspecified atom stereocenters. The number of rotatable bonds is 3. The quantitative estimate of drug-likeness (QED) is 0.218. The second kappa shape index (κ2) is 5.54. The fraction of sp³-hybridized carbons (Fsp3) is 0. The summed E-state index contributed by atoms with van der Waals surface area (Å²) in [6, 6.07) is 0. The van der Waals surface area contributed by atoms with Gasteiger partial charge in [-0.2, -0.15) is 0 Å². The van der Waals surface area contributed by atoms with Crippen molar-refractivity contribution >= 4 is 29.6 Å². The van der Waals surface area contributed by atoms with E-state index < -0.39 is 10.2 Å². The Morgan fingerprint density at radius 3 is 1.33 bits per heavy atom. The largest absolute Gasteiger partial charge is 0.322 e. The van der Waals surface area contributed by atoms with Crippen molar-refractivity contribution in [1.29, 1.82) is 0 Å². The van der Waals surface area contributed by atoms with Gasteiger partial charge in [-0.25, -0.2) is 0 Å². The van der Waals surface area contributed by atoms with Crippen LogP contribution in [0.25, 0.3) is 0 Å². The normalized spacial score (nSPS) is 6.67. The van der Waals surface area contributed by atoms with Crippen LogP contribution in [0.5, 0.6) is 0 Å². The summed E-state index contributed by atoms with van der Waals surface area (Å²) in [6.45, 7) is 0. The standard InChI is InChI=1S/N2O6.Na/c3-1(4)7-8-2(5)6;. The molecule has 0 aliphatic heterocycles. The average molecular weight is 147 g/mol. The summed E-state index contributed by atoms with van der Waals surface area (Å²) >= 11 is 0. The van der Waals surface area contributed by atoms with E-state index in [4.69, 9.17) is 20.2 Å². The van der Waals surface area contributed by atoms with Crippen LogP contribution in [-0.4, -0.2) is 39.7 Å². The van der Waals surface area contributed by atoms with Gasteiger partial charge < -0.3 is 0 Å². The first-order valence-electron chi connectivity index (χ1n) is 1.26. The summed E-state index contributed by atoms with van der Waals surface area (Å²) in [5.41, 5.74) is 0. The first kappa shape index (κ1) is 11.2. The molecule has 0 amide bonds. The third-order valence-electron chi connectivity index (χ3n) is 0.155. The molecular weight excluding hydrogens is 147 g/mol. The first-order valence-corrected chi connectivity index (χ1v) is 1.26. The molecule has 0 saturated heterocycles. The van der Waals surface area contributed by atoms with E-state index in [9.17, 15) is 0 Å². The Kier molecular flexibility index (Phi) is 6.91. The van der Waals surface area contributed by atoms with E-state index in [1.54, 1.807) is 0 Å². The molecule has 8 nitrogen and oxygen atoms in total. The third-order valence-corrected chi connectivity index (χ3v) is 0.155. The van der Waals surface area contributed by atoms with E-state index in [-0.39, 0.29) is 29.6 Å². The van der Waals surface area contributed by atoms with Crippen LogP contribution in [0.15, 0.2) is 0 Å². The van der Waals surface area contributed by atoms with Crippen LogP contribution in [0.4, 0.5) is 0 Å². The van der Waals surface area contributed by atoms with E-state index in [1.165, 1.54) is 0 Å². The van der Waals surface area contributed by atoms with Gasteiger partial charge in [0.25, 0.3) is 0 Å². The van der Waals surface area contributed by atoms with Crippen LogP contribution >= 0.6 is 0 Å². The molecule has 0 aromatic carbocycles. The molecule has 0 fully saturated rings. The van der Waals surface area contributed by atoms with Gasteiger partial charge in [0.2, 0.25) is 0 Å². The molecular formula is N2NaO6. The van der Waals surface area contributed by atoms with Gasteiger partial charge in [0, 0.05) is 29.6 Å². The van der Waals surface area contributed by atoms with Crippen molar-refractivity contribution in [3.63, 3.8) is 0 Å². The van der Waals surface area contributed by atoms with Crippen molar-refractivity contribution in [2.24, 2.45) is 0 Å². The second-order valence-electron chi connectivity index (χ2n) is 0.596. The number of nitrogens with zero attached hydrogens (tertiary/aromatic N) is 2. The van der Waals surface area contributed by atoms with E-state index in [0.29, 0.717) is 0 Å². The molecule has 47 valence electrons. The van der Waals surface area contributed by atoms with Crippen molar-refractivity contribution in [3.05, 3.63) is 20.2 Å². The smallest absolute Gasteiger partial charge is 0.107 e. The predicted octanol–water partition coefficient (Wildman–Crippen LogP) is -1.06. The maximum absolute atomic E-state index is 9.06. The molecule has 0 saturated carbocycles. The summed E-state index contributed by atoms with van der Waals surface area (Å²) in [6.07, 6.45) is 0. The molecule has 0 aliphatic rings. The van der Waals surface area contributed by atoms with Gasteiger partial charge in [0.15, 0.2) is 0 Å². The Morgan fingerprint density at radius 1 is 1.00 bits per heavy atom. The molecule has 0 spiro atoms. The molecule has 0 N–H and O–H groups in total. The summed E-state index contributed by atoms with van der Waals surface area (Å²) < 4.78 is 0. The Hall–Kier alpha value is -0.600. The Labute approximate surface area is 70.2 Å². The SMILES string of the molecule is O=[N+]([O-])OO[N+](=O)[O-].[Na]. The minimum absolute atomic E-state index is 0. The molecule has 9 heavy (non-hydrogen) atoms. The Morgan fingerprint density at radius 2 is 1.22 bits per heavy atom. The van der Waals surface area contributed by atoms with Crippen molar-refractivity contribution in [1.82, 2.24) is 0 Å². The van der Waals surface area contributed by atoms with Gasteiger partial charge in [-0.05, 0) is 0 Å². The summed E-state index contributed by atoms with van der Waals surface area (Å²) in [4.78, 5) is 23.8. The van der Waals surface area contributed by atoms with Crippen LogP contribution in [0.1, 0.15) is 0 Å². The van der Waals surface area contributed by atoms with Crippen molar-refractivity contribution in [2.75, 3.05) is 0 Å². The fourth-order valence-corrected chi connectivity index (χ4v) is 0.0544. The van der Waals surface area contributed by atoms with Gasteiger partial charge in [0.05, 0.1) is 0 Å². The zero-order valence-corrected chi connectivity index (χ0v) is 6.34. The molecule has 0 rings (SSSR count).